The molecule has 0 saturated carbocycles. The maximum absolute atomic E-state index is 13.2. The fourth-order valence-electron chi connectivity index (χ4n) is 4.63. The number of pyridine rings is 1. The lowest BCUT2D eigenvalue weighted by Crippen LogP contribution is -2.61. The summed E-state index contributed by atoms with van der Waals surface area (Å²) in [7, 11) is -1.50. The van der Waals surface area contributed by atoms with E-state index in [1.807, 2.05) is 6.07 Å². The first-order chi connectivity index (χ1) is 13.0. The van der Waals surface area contributed by atoms with Gasteiger partial charge in [-0.2, -0.15) is 0 Å². The molecule has 2 saturated heterocycles. The van der Waals surface area contributed by atoms with E-state index in [9.17, 15) is 13.2 Å². The summed E-state index contributed by atoms with van der Waals surface area (Å²) in [5, 5.41) is 0. The van der Waals surface area contributed by atoms with E-state index in [-0.39, 0.29) is 29.5 Å². The van der Waals surface area contributed by atoms with Gasteiger partial charge < -0.3 is 9.64 Å². The maximum Gasteiger partial charge on any atom is 0.255 e. The number of carbonyl (C=O) groups is 1. The van der Waals surface area contributed by atoms with Gasteiger partial charge in [0.1, 0.15) is 0 Å². The van der Waals surface area contributed by atoms with Gasteiger partial charge in [-0.25, -0.2) is 8.42 Å². The summed E-state index contributed by atoms with van der Waals surface area (Å²) in [6, 6.07) is 1.54. The first-order valence-electron chi connectivity index (χ1n) is 9.71. The number of methoxy groups -OCH3 is 1. The molecule has 0 aromatic carbocycles. The van der Waals surface area contributed by atoms with Crippen molar-refractivity contribution in [1.82, 2.24) is 14.8 Å². The molecule has 0 N–H and O–H groups in total. The van der Waals surface area contributed by atoms with Gasteiger partial charge >= 0.3 is 0 Å². The molecule has 27 heavy (non-hydrogen) atoms. The second kappa shape index (κ2) is 7.48. The molecule has 0 radical (unpaired) electrons. The van der Waals surface area contributed by atoms with Crippen LogP contribution in [0.3, 0.4) is 0 Å². The van der Waals surface area contributed by atoms with Crippen LogP contribution in [-0.2, 0) is 27.4 Å². The summed E-state index contributed by atoms with van der Waals surface area (Å²) in [6.07, 6.45) is 5.90. The summed E-state index contributed by atoms with van der Waals surface area (Å²) in [6.45, 7) is 2.46. The summed E-state index contributed by atoms with van der Waals surface area (Å²) in [5.41, 5.74) is 2.86. The molecule has 1 aliphatic carbocycles. The van der Waals surface area contributed by atoms with E-state index in [2.05, 4.69) is 9.88 Å². The molecule has 0 spiro atoms. The molecule has 2 aliphatic heterocycles. The molecule has 0 unspecified atom stereocenters. The summed E-state index contributed by atoms with van der Waals surface area (Å²) >= 11 is 0. The van der Waals surface area contributed by atoms with E-state index < -0.39 is 9.84 Å². The SMILES string of the molecule is COCCN1CCN(C(=O)c2cnc3c(c2)CCCC3)[C@H]2CS(=O)(=O)C[C@H]21. The van der Waals surface area contributed by atoms with Crippen LogP contribution in [-0.4, -0.2) is 86.0 Å². The number of hydrogen-bond donors (Lipinski definition) is 0. The minimum atomic E-state index is -3.14. The molecule has 1 amide bonds. The predicted octanol–water partition coefficient (Wildman–Crippen LogP) is 0.530. The number of aryl methyl sites for hydroxylation is 2. The Morgan fingerprint density at radius 3 is 2.81 bits per heavy atom. The van der Waals surface area contributed by atoms with Gasteiger partial charge in [-0.05, 0) is 37.3 Å². The molecular formula is C19H27N3O4S. The second-order valence-corrected chi connectivity index (χ2v) is 9.93. The first-order valence-corrected chi connectivity index (χ1v) is 11.5. The lowest BCUT2D eigenvalue weighted by Gasteiger charge is -2.43. The van der Waals surface area contributed by atoms with Gasteiger partial charge in [0.2, 0.25) is 0 Å². The molecular weight excluding hydrogens is 366 g/mol. The number of piperazine rings is 1. The van der Waals surface area contributed by atoms with Crippen LogP contribution in [0.25, 0.3) is 0 Å². The van der Waals surface area contributed by atoms with Gasteiger partial charge in [-0.3, -0.25) is 14.7 Å². The van der Waals surface area contributed by atoms with Crippen molar-refractivity contribution < 1.29 is 17.9 Å². The third kappa shape index (κ3) is 3.75. The Balaban J connectivity index is 1.57. The van der Waals surface area contributed by atoms with Crippen LogP contribution in [0.4, 0.5) is 0 Å². The highest BCUT2D eigenvalue weighted by molar-refractivity contribution is 7.91. The lowest BCUT2D eigenvalue weighted by molar-refractivity contribution is 0.0247. The topological polar surface area (TPSA) is 79.8 Å². The quantitative estimate of drug-likeness (QED) is 0.743. The summed E-state index contributed by atoms with van der Waals surface area (Å²) < 4.78 is 29.8. The van der Waals surface area contributed by atoms with E-state index in [0.717, 1.165) is 31.4 Å². The Bertz CT molecular complexity index is 826. The summed E-state index contributed by atoms with van der Waals surface area (Å²) in [4.78, 5) is 21.6. The highest BCUT2D eigenvalue weighted by atomic mass is 32.2. The molecule has 148 valence electrons. The van der Waals surface area contributed by atoms with Gasteiger partial charge in [0, 0.05) is 44.7 Å². The average Bonchev–Trinajstić information content (AvgIpc) is 3.00. The van der Waals surface area contributed by atoms with Gasteiger partial charge in [0.05, 0.1) is 29.7 Å². The molecule has 2 fully saturated rings. The minimum Gasteiger partial charge on any atom is -0.383 e. The zero-order valence-corrected chi connectivity index (χ0v) is 16.6. The van der Waals surface area contributed by atoms with Crippen molar-refractivity contribution in [3.05, 3.63) is 29.1 Å². The van der Waals surface area contributed by atoms with Crippen molar-refractivity contribution in [3.63, 3.8) is 0 Å². The van der Waals surface area contributed by atoms with E-state index in [0.29, 0.717) is 31.8 Å². The first kappa shape index (κ1) is 18.8. The minimum absolute atomic E-state index is 0.0469. The molecule has 7 nitrogen and oxygen atoms in total. The van der Waals surface area contributed by atoms with E-state index in [4.69, 9.17) is 4.74 Å². The zero-order chi connectivity index (χ0) is 19.0. The standard InChI is InChI=1S/C19H27N3O4S/c1-26-9-8-21-6-7-22(18-13-27(24,25)12-17(18)21)19(23)15-10-14-4-2-3-5-16(14)20-11-15/h10-11,17-18H,2-9,12-13H2,1H3/t17-,18+/m1/s1. The Morgan fingerprint density at radius 1 is 1.22 bits per heavy atom. The normalized spacial score (nSPS) is 27.2. The molecule has 0 bridgehead atoms. The van der Waals surface area contributed by atoms with E-state index in [1.54, 1.807) is 18.2 Å². The predicted molar refractivity (Wildman–Crippen MR) is 102 cm³/mol. The van der Waals surface area contributed by atoms with Crippen LogP contribution >= 0.6 is 0 Å². The Kier molecular flexibility index (Phi) is 5.22. The highest BCUT2D eigenvalue weighted by Crippen LogP contribution is 2.29. The molecule has 3 aliphatic rings. The van der Waals surface area contributed by atoms with Gasteiger partial charge in [-0.15, -0.1) is 0 Å². The molecule has 4 rings (SSSR count). The van der Waals surface area contributed by atoms with Crippen LogP contribution in [0.2, 0.25) is 0 Å². The largest absolute Gasteiger partial charge is 0.383 e. The fraction of sp³-hybridized carbons (Fsp3) is 0.684. The van der Waals surface area contributed by atoms with Crippen LogP contribution in [0.5, 0.6) is 0 Å². The Hall–Kier alpha value is -1.51. The van der Waals surface area contributed by atoms with Gasteiger partial charge in [0.25, 0.3) is 5.91 Å². The third-order valence-corrected chi connectivity index (χ3v) is 7.75. The number of carbonyl (C=O) groups excluding carboxylic acids is 1. The number of nitrogens with zero attached hydrogens (tertiary/aromatic N) is 3. The van der Waals surface area contributed by atoms with Crippen LogP contribution in [0, 0.1) is 0 Å². The van der Waals surface area contributed by atoms with Gasteiger partial charge in [-0.1, -0.05) is 0 Å². The van der Waals surface area contributed by atoms with Crippen molar-refractivity contribution in [3.8, 4) is 0 Å². The van der Waals surface area contributed by atoms with Crippen LogP contribution in [0.15, 0.2) is 12.3 Å². The van der Waals surface area contributed by atoms with Gasteiger partial charge in [0.15, 0.2) is 9.84 Å². The van der Waals surface area contributed by atoms with Crippen molar-refractivity contribution >= 4 is 15.7 Å². The number of hydrogen-bond acceptors (Lipinski definition) is 6. The molecule has 1 aromatic rings. The molecule has 1 aromatic heterocycles. The van der Waals surface area contributed by atoms with Crippen molar-refractivity contribution in [1.29, 1.82) is 0 Å². The number of fused-ring (bicyclic) bond motifs is 2. The zero-order valence-electron chi connectivity index (χ0n) is 15.8. The van der Waals surface area contributed by atoms with Crippen molar-refractivity contribution in [2.75, 3.05) is 44.9 Å². The van der Waals surface area contributed by atoms with E-state index >= 15 is 0 Å². The number of sulfone groups is 1. The Morgan fingerprint density at radius 2 is 2.00 bits per heavy atom. The van der Waals surface area contributed by atoms with Crippen LogP contribution < -0.4 is 0 Å². The molecule has 3 heterocycles. The highest BCUT2D eigenvalue weighted by Gasteiger charge is 2.48. The van der Waals surface area contributed by atoms with Crippen molar-refractivity contribution in [2.24, 2.45) is 0 Å². The monoisotopic (exact) mass is 393 g/mol. The van der Waals surface area contributed by atoms with Crippen molar-refractivity contribution in [2.45, 2.75) is 37.8 Å². The molecule has 8 heteroatoms. The second-order valence-electron chi connectivity index (χ2n) is 7.78. The number of rotatable bonds is 4. The average molecular weight is 394 g/mol. The van der Waals surface area contributed by atoms with E-state index in [1.165, 1.54) is 5.56 Å². The molecule has 2 atom stereocenters. The Labute approximate surface area is 160 Å². The fourth-order valence-corrected chi connectivity index (χ4v) is 6.65. The number of amides is 1. The number of aromatic nitrogens is 1. The van der Waals surface area contributed by atoms with Crippen LogP contribution in [0.1, 0.15) is 34.5 Å². The third-order valence-electron chi connectivity index (χ3n) is 6.05. The lowest BCUT2D eigenvalue weighted by atomic mass is 9.94. The smallest absolute Gasteiger partial charge is 0.255 e. The summed E-state index contributed by atoms with van der Waals surface area (Å²) in [5.74, 6) is 0.0770. The maximum atomic E-state index is 13.2. The number of ether oxygens (including phenoxy) is 1.